The Kier molecular flexibility index (Phi) is 5.93. The average Bonchev–Trinajstić information content (AvgIpc) is 2.45. The van der Waals surface area contributed by atoms with Crippen LogP contribution in [0.4, 0.5) is 16.2 Å². The van der Waals surface area contributed by atoms with Gasteiger partial charge in [0.1, 0.15) is 0 Å². The van der Waals surface area contributed by atoms with Gasteiger partial charge in [-0.15, -0.1) is 0 Å². The van der Waals surface area contributed by atoms with Crippen molar-refractivity contribution in [1.82, 2.24) is 0 Å². The maximum atomic E-state index is 11.3. The monoisotopic (exact) mass is 328 g/mol. The van der Waals surface area contributed by atoms with Gasteiger partial charge in [0, 0.05) is 17.3 Å². The van der Waals surface area contributed by atoms with Gasteiger partial charge in [-0.1, -0.05) is 0 Å². The minimum atomic E-state index is -3.45. The molecule has 1 amide bonds. The van der Waals surface area contributed by atoms with Crippen molar-refractivity contribution >= 4 is 39.5 Å². The predicted octanol–water partition coefficient (Wildman–Crippen LogP) is 1.42. The largest absolute Gasteiger partial charge is 0.466 e. The van der Waals surface area contributed by atoms with Crippen molar-refractivity contribution < 1.29 is 27.5 Å². The van der Waals surface area contributed by atoms with Crippen LogP contribution in [0.5, 0.6) is 0 Å². The zero-order chi connectivity index (χ0) is 16.8. The summed E-state index contributed by atoms with van der Waals surface area (Å²) < 4.78 is 33.7. The molecule has 0 unspecified atom stereocenters. The van der Waals surface area contributed by atoms with Crippen LogP contribution >= 0.6 is 0 Å². The summed E-state index contributed by atoms with van der Waals surface area (Å²) >= 11 is 0. The Morgan fingerprint density at radius 1 is 1.18 bits per heavy atom. The van der Waals surface area contributed by atoms with Crippen LogP contribution in [0.1, 0.15) is 5.56 Å². The summed E-state index contributed by atoms with van der Waals surface area (Å²) in [6, 6.07) is 4.38. The Morgan fingerprint density at radius 2 is 1.86 bits per heavy atom. The highest BCUT2D eigenvalue weighted by Crippen LogP contribution is 2.23. The lowest BCUT2D eigenvalue weighted by molar-refractivity contribution is -0.134. The fourth-order valence-corrected chi connectivity index (χ4v) is 2.03. The number of amides is 1. The van der Waals surface area contributed by atoms with E-state index in [0.717, 1.165) is 12.3 Å². The third-order valence-electron chi connectivity index (χ3n) is 2.38. The van der Waals surface area contributed by atoms with Gasteiger partial charge in [0.2, 0.25) is 10.0 Å². The molecule has 0 heterocycles. The second kappa shape index (κ2) is 7.46. The van der Waals surface area contributed by atoms with Gasteiger partial charge in [0.05, 0.1) is 26.2 Å². The summed E-state index contributed by atoms with van der Waals surface area (Å²) in [5.74, 6) is -0.592. The fourth-order valence-electron chi connectivity index (χ4n) is 1.48. The summed E-state index contributed by atoms with van der Waals surface area (Å²) in [7, 11) is -1.02. The van der Waals surface area contributed by atoms with E-state index >= 15 is 0 Å². The van der Waals surface area contributed by atoms with Crippen molar-refractivity contribution in [3.63, 3.8) is 0 Å². The molecule has 1 aromatic carbocycles. The molecule has 8 nitrogen and oxygen atoms in total. The van der Waals surface area contributed by atoms with Crippen LogP contribution in [-0.4, -0.2) is 41.0 Å². The number of methoxy groups -OCH3 is 2. The average molecular weight is 328 g/mol. The smallest absolute Gasteiger partial charge is 0.411 e. The molecule has 0 aliphatic carbocycles. The third-order valence-corrected chi connectivity index (χ3v) is 2.98. The highest BCUT2D eigenvalue weighted by molar-refractivity contribution is 7.92. The Bertz CT molecular complexity index is 696. The van der Waals surface area contributed by atoms with Crippen LogP contribution in [0.3, 0.4) is 0 Å². The molecule has 0 aliphatic heterocycles. The Morgan fingerprint density at radius 3 is 2.41 bits per heavy atom. The van der Waals surface area contributed by atoms with Gasteiger partial charge in [-0.25, -0.2) is 18.0 Å². The number of esters is 1. The van der Waals surface area contributed by atoms with Crippen LogP contribution in [-0.2, 0) is 24.3 Å². The molecule has 22 heavy (non-hydrogen) atoms. The molecule has 0 spiro atoms. The van der Waals surface area contributed by atoms with Gasteiger partial charge >= 0.3 is 12.1 Å². The minimum absolute atomic E-state index is 0.280. The second-order valence-electron chi connectivity index (χ2n) is 4.15. The number of carbonyl (C=O) groups is 2. The molecule has 120 valence electrons. The molecular formula is C13H16N2O6S. The first-order valence-corrected chi connectivity index (χ1v) is 7.87. The number of nitrogens with one attached hydrogen (secondary N) is 2. The third kappa shape index (κ3) is 5.83. The molecule has 0 aromatic heterocycles. The van der Waals surface area contributed by atoms with Gasteiger partial charge in [0.15, 0.2) is 0 Å². The first-order valence-electron chi connectivity index (χ1n) is 5.98. The Balaban J connectivity index is 3.18. The number of anilines is 2. The van der Waals surface area contributed by atoms with Gasteiger partial charge < -0.3 is 9.47 Å². The van der Waals surface area contributed by atoms with Crippen molar-refractivity contribution in [3.8, 4) is 0 Å². The van der Waals surface area contributed by atoms with E-state index < -0.39 is 22.1 Å². The normalized spacial score (nSPS) is 11.0. The van der Waals surface area contributed by atoms with E-state index in [1.807, 2.05) is 0 Å². The highest BCUT2D eigenvalue weighted by Gasteiger charge is 2.09. The van der Waals surface area contributed by atoms with Crippen molar-refractivity contribution in [2.24, 2.45) is 0 Å². The maximum absolute atomic E-state index is 11.3. The van der Waals surface area contributed by atoms with E-state index in [1.165, 1.54) is 38.5 Å². The molecule has 0 saturated heterocycles. The van der Waals surface area contributed by atoms with Crippen LogP contribution in [0.15, 0.2) is 24.3 Å². The van der Waals surface area contributed by atoms with E-state index in [4.69, 9.17) is 0 Å². The fraction of sp³-hybridized carbons (Fsp3) is 0.231. The molecular weight excluding hydrogens is 312 g/mol. The quantitative estimate of drug-likeness (QED) is 0.625. The number of sulfonamides is 1. The predicted molar refractivity (Wildman–Crippen MR) is 82.0 cm³/mol. The molecule has 1 rings (SSSR count). The number of carbonyl (C=O) groups excluding carboxylic acids is 2. The summed E-state index contributed by atoms with van der Waals surface area (Å²) in [5.41, 5.74) is 1.01. The highest BCUT2D eigenvalue weighted by atomic mass is 32.2. The lowest BCUT2D eigenvalue weighted by Gasteiger charge is -2.10. The van der Waals surface area contributed by atoms with E-state index in [-0.39, 0.29) is 5.69 Å². The van der Waals surface area contributed by atoms with E-state index in [1.54, 1.807) is 0 Å². The lowest BCUT2D eigenvalue weighted by Crippen LogP contribution is -2.13. The lowest BCUT2D eigenvalue weighted by atomic mass is 10.1. The van der Waals surface area contributed by atoms with Crippen LogP contribution < -0.4 is 10.0 Å². The number of benzene rings is 1. The Hall–Kier alpha value is -2.55. The number of rotatable bonds is 5. The SMILES string of the molecule is COC(=O)/C=C/c1cc(NS(C)(=O)=O)ccc1NC(=O)OC. The molecule has 0 saturated carbocycles. The molecule has 9 heteroatoms. The first-order chi connectivity index (χ1) is 10.2. The van der Waals surface area contributed by atoms with E-state index in [0.29, 0.717) is 11.3 Å². The maximum Gasteiger partial charge on any atom is 0.411 e. The zero-order valence-corrected chi connectivity index (χ0v) is 13.1. The zero-order valence-electron chi connectivity index (χ0n) is 12.2. The molecule has 1 aromatic rings. The van der Waals surface area contributed by atoms with Gasteiger partial charge in [-0.05, 0) is 24.3 Å². The van der Waals surface area contributed by atoms with Gasteiger partial charge in [-0.3, -0.25) is 10.0 Å². The standard InChI is InChI=1S/C13H16N2O6S/c1-20-12(16)7-4-9-8-10(15-22(3,18)19)5-6-11(9)14-13(17)21-2/h4-8,15H,1-3H3,(H,14,17)/b7-4+. The Labute approximate surface area is 128 Å². The van der Waals surface area contributed by atoms with Crippen molar-refractivity contribution in [1.29, 1.82) is 0 Å². The minimum Gasteiger partial charge on any atom is -0.466 e. The number of ether oxygens (including phenoxy) is 2. The second-order valence-corrected chi connectivity index (χ2v) is 5.90. The van der Waals surface area contributed by atoms with Crippen molar-refractivity contribution in [3.05, 3.63) is 29.8 Å². The molecule has 0 bridgehead atoms. The summed E-state index contributed by atoms with van der Waals surface area (Å²) in [4.78, 5) is 22.4. The van der Waals surface area contributed by atoms with Gasteiger partial charge in [0.25, 0.3) is 0 Å². The first kappa shape index (κ1) is 17.5. The summed E-state index contributed by atoms with van der Waals surface area (Å²) in [6.07, 6.45) is 2.83. The summed E-state index contributed by atoms with van der Waals surface area (Å²) in [5, 5.41) is 2.45. The molecule has 0 atom stereocenters. The number of hydrogen-bond acceptors (Lipinski definition) is 6. The van der Waals surface area contributed by atoms with Crippen LogP contribution in [0.25, 0.3) is 6.08 Å². The van der Waals surface area contributed by atoms with E-state index in [2.05, 4.69) is 19.5 Å². The van der Waals surface area contributed by atoms with E-state index in [9.17, 15) is 18.0 Å². The topological polar surface area (TPSA) is 111 Å². The van der Waals surface area contributed by atoms with Gasteiger partial charge in [-0.2, -0.15) is 0 Å². The molecule has 0 radical (unpaired) electrons. The van der Waals surface area contributed by atoms with Crippen molar-refractivity contribution in [2.45, 2.75) is 0 Å². The molecule has 0 fully saturated rings. The van der Waals surface area contributed by atoms with Crippen LogP contribution in [0, 0.1) is 0 Å². The van der Waals surface area contributed by atoms with Crippen LogP contribution in [0.2, 0.25) is 0 Å². The summed E-state index contributed by atoms with van der Waals surface area (Å²) in [6.45, 7) is 0. The molecule has 0 aliphatic rings. The molecule has 2 N–H and O–H groups in total. The van der Waals surface area contributed by atoms with Crippen molar-refractivity contribution in [2.75, 3.05) is 30.5 Å². The number of hydrogen-bond donors (Lipinski definition) is 2.